The molecule has 1 unspecified atom stereocenters. The number of piperidine rings is 1. The quantitative estimate of drug-likeness (QED) is 0.414. The van der Waals surface area contributed by atoms with Crippen molar-refractivity contribution in [3.05, 3.63) is 65.0 Å². The van der Waals surface area contributed by atoms with Crippen LogP contribution in [0.1, 0.15) is 54.1 Å². The first-order valence-corrected chi connectivity index (χ1v) is 13.1. The molecule has 1 N–H and O–H groups in total. The number of nitrogens with one attached hydrogen (secondary N) is 1. The predicted octanol–water partition coefficient (Wildman–Crippen LogP) is 4.00. The van der Waals surface area contributed by atoms with E-state index < -0.39 is 58.2 Å². The van der Waals surface area contributed by atoms with Crippen LogP contribution in [0.3, 0.4) is 0 Å². The van der Waals surface area contributed by atoms with Crippen molar-refractivity contribution in [3.63, 3.8) is 0 Å². The first kappa shape index (κ1) is 30.0. The second-order valence-corrected chi connectivity index (χ2v) is 10.8. The fourth-order valence-electron chi connectivity index (χ4n) is 5.68. The lowest BCUT2D eigenvalue weighted by atomic mass is 9.67. The molecule has 0 bridgehead atoms. The summed E-state index contributed by atoms with van der Waals surface area (Å²) >= 11 is 0. The Hall–Kier alpha value is -3.96. The second-order valence-electron chi connectivity index (χ2n) is 10.8. The Labute approximate surface area is 234 Å². The maximum absolute atomic E-state index is 14.3. The van der Waals surface area contributed by atoms with Gasteiger partial charge in [0.15, 0.2) is 0 Å². The Morgan fingerprint density at radius 1 is 1.05 bits per heavy atom. The molecule has 8 nitrogen and oxygen atoms in total. The van der Waals surface area contributed by atoms with Crippen molar-refractivity contribution in [2.45, 2.75) is 44.8 Å². The maximum atomic E-state index is 14.3. The number of methoxy groups -OCH3 is 1. The minimum absolute atomic E-state index is 0.107. The van der Waals surface area contributed by atoms with Gasteiger partial charge in [-0.05, 0) is 54.7 Å². The summed E-state index contributed by atoms with van der Waals surface area (Å²) in [6.45, 7) is 3.50. The van der Waals surface area contributed by atoms with Gasteiger partial charge in [-0.2, -0.15) is 13.2 Å². The molecule has 2 aromatic carbocycles. The number of imide groups is 1. The number of benzene rings is 2. The van der Waals surface area contributed by atoms with Crippen LogP contribution < -0.4 is 10.1 Å². The number of hydrogen-bond donors (Lipinski definition) is 1. The molecular weight excluding hydrogens is 546 g/mol. The molecule has 41 heavy (non-hydrogen) atoms. The van der Waals surface area contributed by atoms with Gasteiger partial charge in [0.2, 0.25) is 17.7 Å². The maximum Gasteiger partial charge on any atom is 0.416 e. The molecule has 2 aromatic rings. The number of amides is 4. The lowest BCUT2D eigenvalue weighted by Crippen LogP contribution is -2.55. The number of carbonyl (C=O) groups is 4. The molecule has 2 atom stereocenters. The molecule has 220 valence electrons. The molecular formula is C29H31F4N3O5. The van der Waals surface area contributed by atoms with Crippen LogP contribution in [0.25, 0.3) is 0 Å². The Kier molecular flexibility index (Phi) is 8.15. The lowest BCUT2D eigenvalue weighted by molar-refractivity contribution is -0.144. The third kappa shape index (κ3) is 5.51. The van der Waals surface area contributed by atoms with Crippen LogP contribution in [0.5, 0.6) is 5.75 Å². The van der Waals surface area contributed by atoms with Gasteiger partial charge in [0.1, 0.15) is 17.6 Å². The zero-order valence-corrected chi connectivity index (χ0v) is 23.0. The van der Waals surface area contributed by atoms with E-state index in [1.807, 2.05) is 0 Å². The Morgan fingerprint density at radius 2 is 1.66 bits per heavy atom. The molecule has 0 radical (unpaired) electrons. The largest absolute Gasteiger partial charge is 0.497 e. The molecule has 4 rings (SSSR count). The van der Waals surface area contributed by atoms with E-state index in [1.165, 1.54) is 19.1 Å². The van der Waals surface area contributed by atoms with Crippen molar-refractivity contribution in [2.24, 2.45) is 11.3 Å². The van der Waals surface area contributed by atoms with Gasteiger partial charge in [0.05, 0.1) is 29.6 Å². The van der Waals surface area contributed by atoms with E-state index in [0.717, 1.165) is 4.90 Å². The van der Waals surface area contributed by atoms with Crippen LogP contribution in [0.15, 0.2) is 42.5 Å². The van der Waals surface area contributed by atoms with Crippen LogP contribution in [0, 0.1) is 17.2 Å². The van der Waals surface area contributed by atoms with Gasteiger partial charge in [0, 0.05) is 20.1 Å². The minimum atomic E-state index is -4.78. The monoisotopic (exact) mass is 577 g/mol. The number of rotatable bonds is 6. The molecule has 0 aromatic heterocycles. The summed E-state index contributed by atoms with van der Waals surface area (Å²) in [6.07, 6.45) is -4.41. The second kappa shape index (κ2) is 11.1. The molecule has 2 fully saturated rings. The van der Waals surface area contributed by atoms with E-state index in [9.17, 15) is 36.7 Å². The standard InChI is InChI=1S/C29H31F4N3O5/c1-16(2)23(34-24(37)20-15-18(29(31,32)33)7-10-21(20)30)26(39)36-13-11-28(12-14-36)22(25(38)35(3)27(28)40)17-5-8-19(41-4)9-6-17/h5-10,15-16,22-23H,11-14H2,1-4H3,(H,34,37)/t22?,23-/m1/s1. The zero-order valence-electron chi connectivity index (χ0n) is 23.0. The molecule has 2 saturated heterocycles. The molecule has 4 amide bonds. The molecule has 2 aliphatic heterocycles. The van der Waals surface area contributed by atoms with Crippen molar-refractivity contribution in [2.75, 3.05) is 27.2 Å². The van der Waals surface area contributed by atoms with Crippen molar-refractivity contribution in [1.82, 2.24) is 15.1 Å². The van der Waals surface area contributed by atoms with Crippen molar-refractivity contribution < 1.29 is 41.5 Å². The third-order valence-electron chi connectivity index (χ3n) is 8.03. The number of carbonyl (C=O) groups excluding carboxylic acids is 4. The van der Waals surface area contributed by atoms with Gasteiger partial charge < -0.3 is 15.0 Å². The highest BCUT2D eigenvalue weighted by Crippen LogP contribution is 2.51. The summed E-state index contributed by atoms with van der Waals surface area (Å²) in [6, 6.07) is 7.24. The van der Waals surface area contributed by atoms with Crippen LogP contribution >= 0.6 is 0 Å². The first-order chi connectivity index (χ1) is 19.2. The number of alkyl halides is 3. The van der Waals surface area contributed by atoms with Gasteiger partial charge in [0.25, 0.3) is 5.91 Å². The summed E-state index contributed by atoms with van der Waals surface area (Å²) in [5.74, 6) is -4.10. The molecule has 12 heteroatoms. The van der Waals surface area contributed by atoms with Crippen molar-refractivity contribution in [3.8, 4) is 5.75 Å². The van der Waals surface area contributed by atoms with E-state index in [4.69, 9.17) is 4.74 Å². The highest BCUT2D eigenvalue weighted by molar-refractivity contribution is 6.10. The Balaban J connectivity index is 1.53. The Morgan fingerprint density at radius 3 is 2.20 bits per heavy atom. The fraction of sp³-hybridized carbons (Fsp3) is 0.448. The molecule has 2 aliphatic rings. The highest BCUT2D eigenvalue weighted by Gasteiger charge is 2.59. The topological polar surface area (TPSA) is 96.0 Å². The molecule has 0 saturated carbocycles. The summed E-state index contributed by atoms with van der Waals surface area (Å²) in [5, 5.41) is 2.40. The summed E-state index contributed by atoms with van der Waals surface area (Å²) in [4.78, 5) is 55.4. The van der Waals surface area contributed by atoms with Gasteiger partial charge in [-0.25, -0.2) is 4.39 Å². The van der Waals surface area contributed by atoms with Crippen LogP contribution in [0.2, 0.25) is 0 Å². The number of hydrogen-bond acceptors (Lipinski definition) is 5. The van der Waals surface area contributed by atoms with Gasteiger partial charge in [-0.15, -0.1) is 0 Å². The Bertz CT molecular complexity index is 1350. The summed E-state index contributed by atoms with van der Waals surface area (Å²) in [7, 11) is 2.95. The van der Waals surface area contributed by atoms with Gasteiger partial charge >= 0.3 is 6.18 Å². The van der Waals surface area contributed by atoms with E-state index in [2.05, 4.69) is 5.32 Å². The number of likely N-dealkylation sites (N-methyl/N-ethyl adjacent to an activating group) is 1. The number of nitrogens with zero attached hydrogens (tertiary/aromatic N) is 2. The van der Waals surface area contributed by atoms with Crippen molar-refractivity contribution >= 4 is 23.6 Å². The smallest absolute Gasteiger partial charge is 0.416 e. The average Bonchev–Trinajstić information content (AvgIpc) is 3.11. The van der Waals surface area contributed by atoms with E-state index in [0.29, 0.717) is 29.5 Å². The van der Waals surface area contributed by atoms with E-state index in [1.54, 1.807) is 38.1 Å². The molecule has 2 heterocycles. The zero-order chi connectivity index (χ0) is 30.3. The average molecular weight is 578 g/mol. The van der Waals surface area contributed by atoms with E-state index in [-0.39, 0.29) is 37.7 Å². The SMILES string of the molecule is COc1ccc(C2C(=O)N(C)C(=O)C23CCN(C(=O)[C@H](NC(=O)c2cc(C(F)(F)F)ccc2F)C(C)C)CC3)cc1. The highest BCUT2D eigenvalue weighted by atomic mass is 19.4. The van der Waals surface area contributed by atoms with Gasteiger partial charge in [-0.1, -0.05) is 26.0 Å². The normalized spacial score (nSPS) is 19.6. The molecule has 1 spiro atoms. The summed E-state index contributed by atoms with van der Waals surface area (Å²) in [5.41, 5.74) is -2.42. The number of halogens is 4. The summed E-state index contributed by atoms with van der Waals surface area (Å²) < 4.78 is 58.9. The minimum Gasteiger partial charge on any atom is -0.497 e. The van der Waals surface area contributed by atoms with E-state index >= 15 is 0 Å². The number of ether oxygens (including phenoxy) is 1. The molecule has 0 aliphatic carbocycles. The van der Waals surface area contributed by atoms with Crippen LogP contribution in [0.4, 0.5) is 17.6 Å². The van der Waals surface area contributed by atoms with Crippen LogP contribution in [-0.2, 0) is 20.6 Å². The fourth-order valence-corrected chi connectivity index (χ4v) is 5.68. The predicted molar refractivity (Wildman–Crippen MR) is 139 cm³/mol. The van der Waals surface area contributed by atoms with Gasteiger partial charge in [-0.3, -0.25) is 24.1 Å². The van der Waals surface area contributed by atoms with Crippen molar-refractivity contribution in [1.29, 1.82) is 0 Å². The number of likely N-dealkylation sites (tertiary alicyclic amines) is 2. The third-order valence-corrected chi connectivity index (χ3v) is 8.03. The first-order valence-electron chi connectivity index (χ1n) is 13.1. The van der Waals surface area contributed by atoms with Crippen LogP contribution in [-0.4, -0.2) is 66.7 Å². The lowest BCUT2D eigenvalue weighted by Gasteiger charge is -2.41.